The first-order chi connectivity index (χ1) is 13.7. The quantitative estimate of drug-likeness (QED) is 0.433. The smallest absolute Gasteiger partial charge is 0.139 e. The highest BCUT2D eigenvalue weighted by Crippen LogP contribution is 2.34. The van der Waals surface area contributed by atoms with E-state index in [0.29, 0.717) is 0 Å². The van der Waals surface area contributed by atoms with Crippen LogP contribution >= 0.6 is 0 Å². The predicted molar refractivity (Wildman–Crippen MR) is 116 cm³/mol. The van der Waals surface area contributed by atoms with Crippen LogP contribution in [0.25, 0.3) is 11.1 Å². The van der Waals surface area contributed by atoms with Crippen LogP contribution in [0.4, 0.5) is 0 Å². The molecule has 0 bridgehead atoms. The second-order valence-corrected chi connectivity index (χ2v) is 6.58. The third kappa shape index (κ3) is 4.89. The molecule has 0 aliphatic heterocycles. The molecule has 28 heavy (non-hydrogen) atoms. The minimum Gasteiger partial charge on any atom is -0.489 e. The average molecular weight is 373 g/mol. The molecule has 144 valence electrons. The van der Waals surface area contributed by atoms with Crippen molar-refractivity contribution >= 4 is 11.1 Å². The highest BCUT2D eigenvalue weighted by molar-refractivity contribution is 5.98. The number of rotatable bonds is 8. The summed E-state index contributed by atoms with van der Waals surface area (Å²) in [5.74, 6) is 0.739. The van der Waals surface area contributed by atoms with Crippen molar-refractivity contribution in [2.24, 2.45) is 0 Å². The molecule has 3 nitrogen and oxygen atoms in total. The third-order valence-electron chi connectivity index (χ3n) is 4.72. The minimum absolute atomic E-state index is 0.210. The van der Waals surface area contributed by atoms with Crippen molar-refractivity contribution in [1.82, 2.24) is 5.32 Å². The minimum atomic E-state index is -0.677. The first-order valence-electron chi connectivity index (χ1n) is 9.65. The molecule has 0 fully saturated rings. The standard InChI is InChI=1S/C25H27NO2/c1-3-23(19-10-6-4-7-11-19)25(20-12-8-5-9-13-20)21-14-16-22(17-15-21)28-18-24(27)26-2/h4-17,24,26-27H,3,18H2,1-2H3. The van der Waals surface area contributed by atoms with E-state index >= 15 is 0 Å². The summed E-state index contributed by atoms with van der Waals surface area (Å²) in [5.41, 5.74) is 6.12. The van der Waals surface area contributed by atoms with Crippen molar-refractivity contribution in [3.8, 4) is 5.75 Å². The lowest BCUT2D eigenvalue weighted by atomic mass is 9.88. The van der Waals surface area contributed by atoms with Crippen LogP contribution in [0.15, 0.2) is 84.9 Å². The Morgan fingerprint density at radius 1 is 0.821 bits per heavy atom. The number of likely N-dealkylation sites (N-methyl/N-ethyl adjacent to an activating group) is 1. The summed E-state index contributed by atoms with van der Waals surface area (Å²) in [5, 5.41) is 12.3. The lowest BCUT2D eigenvalue weighted by Gasteiger charge is -2.17. The van der Waals surface area contributed by atoms with Crippen molar-refractivity contribution in [2.75, 3.05) is 13.7 Å². The molecule has 3 heteroatoms. The molecular formula is C25H27NO2. The van der Waals surface area contributed by atoms with Gasteiger partial charge >= 0.3 is 0 Å². The van der Waals surface area contributed by atoms with Crippen molar-refractivity contribution in [3.05, 3.63) is 102 Å². The molecule has 0 saturated heterocycles. The van der Waals surface area contributed by atoms with E-state index in [-0.39, 0.29) is 6.61 Å². The number of hydrogen-bond acceptors (Lipinski definition) is 3. The van der Waals surface area contributed by atoms with Crippen molar-refractivity contribution < 1.29 is 9.84 Å². The number of allylic oxidation sites excluding steroid dienone is 1. The zero-order valence-electron chi connectivity index (χ0n) is 16.4. The lowest BCUT2D eigenvalue weighted by Crippen LogP contribution is -2.30. The summed E-state index contributed by atoms with van der Waals surface area (Å²) in [6.07, 6.45) is 0.255. The molecule has 0 radical (unpaired) electrons. The number of nitrogens with one attached hydrogen (secondary N) is 1. The van der Waals surface area contributed by atoms with Gasteiger partial charge in [-0.3, -0.25) is 5.32 Å². The third-order valence-corrected chi connectivity index (χ3v) is 4.72. The molecule has 1 atom stereocenters. The van der Waals surface area contributed by atoms with Crippen LogP contribution in [0.3, 0.4) is 0 Å². The Balaban J connectivity index is 2.02. The number of aliphatic hydroxyl groups excluding tert-OH is 1. The van der Waals surface area contributed by atoms with Crippen LogP contribution in [-0.2, 0) is 0 Å². The molecular weight excluding hydrogens is 346 g/mol. The van der Waals surface area contributed by atoms with Gasteiger partial charge in [-0.1, -0.05) is 79.7 Å². The molecule has 0 aromatic heterocycles. The second kappa shape index (κ2) is 9.88. The summed E-state index contributed by atoms with van der Waals surface area (Å²) in [4.78, 5) is 0. The zero-order valence-corrected chi connectivity index (χ0v) is 16.4. The highest BCUT2D eigenvalue weighted by atomic mass is 16.5. The molecule has 3 aromatic carbocycles. The SMILES string of the molecule is CCC(=C(c1ccccc1)c1ccc(OCC(O)NC)cc1)c1ccccc1. The molecule has 0 heterocycles. The summed E-state index contributed by atoms with van der Waals surface area (Å²) in [6, 6.07) is 29.1. The van der Waals surface area contributed by atoms with Gasteiger partial charge in [-0.15, -0.1) is 0 Å². The molecule has 0 saturated carbocycles. The van der Waals surface area contributed by atoms with E-state index < -0.39 is 6.23 Å². The summed E-state index contributed by atoms with van der Waals surface area (Å²) in [7, 11) is 1.70. The Morgan fingerprint density at radius 2 is 1.36 bits per heavy atom. The molecule has 0 amide bonds. The number of ether oxygens (including phenoxy) is 1. The Hall–Kier alpha value is -2.88. The largest absolute Gasteiger partial charge is 0.489 e. The Labute approximate surface area is 167 Å². The van der Waals surface area contributed by atoms with E-state index in [1.165, 1.54) is 22.3 Å². The van der Waals surface area contributed by atoms with Crippen molar-refractivity contribution in [1.29, 1.82) is 0 Å². The molecule has 2 N–H and O–H groups in total. The predicted octanol–water partition coefficient (Wildman–Crippen LogP) is 4.97. The number of hydrogen-bond donors (Lipinski definition) is 2. The van der Waals surface area contributed by atoms with Crippen LogP contribution in [-0.4, -0.2) is 25.0 Å². The van der Waals surface area contributed by atoms with Gasteiger partial charge in [0.05, 0.1) is 0 Å². The fourth-order valence-electron chi connectivity index (χ4n) is 3.26. The molecule has 3 aromatic rings. The summed E-state index contributed by atoms with van der Waals surface area (Å²) < 4.78 is 5.64. The second-order valence-electron chi connectivity index (χ2n) is 6.58. The van der Waals surface area contributed by atoms with Gasteiger partial charge in [-0.25, -0.2) is 0 Å². The van der Waals surface area contributed by atoms with E-state index in [9.17, 15) is 5.11 Å². The van der Waals surface area contributed by atoms with E-state index in [0.717, 1.165) is 17.7 Å². The van der Waals surface area contributed by atoms with Gasteiger partial charge in [-0.2, -0.15) is 0 Å². The van der Waals surface area contributed by atoms with E-state index in [1.54, 1.807) is 7.05 Å². The van der Waals surface area contributed by atoms with Crippen LogP contribution in [0, 0.1) is 0 Å². The molecule has 0 aliphatic carbocycles. The summed E-state index contributed by atoms with van der Waals surface area (Å²) in [6.45, 7) is 2.41. The fourth-order valence-corrected chi connectivity index (χ4v) is 3.26. The van der Waals surface area contributed by atoms with Crippen molar-refractivity contribution in [2.45, 2.75) is 19.6 Å². The van der Waals surface area contributed by atoms with Gasteiger partial charge in [0, 0.05) is 0 Å². The van der Waals surface area contributed by atoms with Gasteiger partial charge in [-0.05, 0) is 53.4 Å². The molecule has 1 unspecified atom stereocenters. The van der Waals surface area contributed by atoms with Crippen LogP contribution in [0.5, 0.6) is 5.75 Å². The van der Waals surface area contributed by atoms with Gasteiger partial charge in [0.25, 0.3) is 0 Å². The molecule has 3 rings (SSSR count). The average Bonchev–Trinajstić information content (AvgIpc) is 2.77. The van der Waals surface area contributed by atoms with Crippen LogP contribution in [0.1, 0.15) is 30.0 Å². The van der Waals surface area contributed by atoms with E-state index in [1.807, 2.05) is 24.3 Å². The highest BCUT2D eigenvalue weighted by Gasteiger charge is 2.13. The van der Waals surface area contributed by atoms with Gasteiger partial charge in [0.15, 0.2) is 0 Å². The maximum Gasteiger partial charge on any atom is 0.139 e. The monoisotopic (exact) mass is 373 g/mol. The zero-order chi connectivity index (χ0) is 19.8. The van der Waals surface area contributed by atoms with Gasteiger partial charge in [0.1, 0.15) is 18.6 Å². The van der Waals surface area contributed by atoms with Crippen LogP contribution < -0.4 is 10.1 Å². The Bertz CT molecular complexity index is 887. The Morgan fingerprint density at radius 3 is 1.89 bits per heavy atom. The fraction of sp³-hybridized carbons (Fsp3) is 0.200. The Kier molecular flexibility index (Phi) is 7.01. The molecule has 0 aliphatic rings. The first-order valence-corrected chi connectivity index (χ1v) is 9.65. The van der Waals surface area contributed by atoms with Gasteiger partial charge in [0.2, 0.25) is 0 Å². The first kappa shape index (κ1) is 19.9. The van der Waals surface area contributed by atoms with E-state index in [4.69, 9.17) is 4.74 Å². The lowest BCUT2D eigenvalue weighted by molar-refractivity contribution is 0.0859. The molecule has 0 spiro atoms. The van der Waals surface area contributed by atoms with Gasteiger partial charge < -0.3 is 9.84 Å². The van der Waals surface area contributed by atoms with Crippen molar-refractivity contribution in [3.63, 3.8) is 0 Å². The normalized spacial score (nSPS) is 13.0. The summed E-state index contributed by atoms with van der Waals surface area (Å²) >= 11 is 0. The number of benzene rings is 3. The van der Waals surface area contributed by atoms with E-state index in [2.05, 4.69) is 72.9 Å². The maximum absolute atomic E-state index is 9.60. The maximum atomic E-state index is 9.60. The topological polar surface area (TPSA) is 41.5 Å². The van der Waals surface area contributed by atoms with Crippen LogP contribution in [0.2, 0.25) is 0 Å². The number of aliphatic hydroxyl groups is 1.